The number of nitrogens with one attached hydrogen (secondary N) is 2. The average Bonchev–Trinajstić information content (AvgIpc) is 3.42. The highest BCUT2D eigenvalue weighted by atomic mass is 32.2. The SMILES string of the molecule is CCCc1ccc(OCc2ccc(C(=O)Nc3ccc(S(=O)(=O)Nc4cc(OC)nc(OC)n4)cc3)o2)cc1. The number of aryl methyl sites for hydroxylation is 1. The van der Waals surface area contributed by atoms with Crippen molar-refractivity contribution in [1.29, 1.82) is 0 Å². The van der Waals surface area contributed by atoms with Gasteiger partial charge in [-0.3, -0.25) is 9.52 Å². The minimum Gasteiger partial charge on any atom is -0.486 e. The molecule has 0 saturated heterocycles. The number of benzene rings is 2. The van der Waals surface area contributed by atoms with Crippen LogP contribution in [0.4, 0.5) is 11.5 Å². The highest BCUT2D eigenvalue weighted by molar-refractivity contribution is 7.92. The molecule has 39 heavy (non-hydrogen) atoms. The standard InChI is InChI=1S/C27H28N4O7S/c1-4-5-18-6-10-20(11-7-18)37-17-21-12-15-23(38-21)26(32)28-19-8-13-22(14-9-19)39(33,34)31-24-16-25(35-2)30-27(29-24)36-3/h6-16H,4-5,17H2,1-3H3,(H,28,32)(H,29,30,31). The van der Waals surface area contributed by atoms with E-state index in [1.165, 1.54) is 50.1 Å². The number of nitrogens with zero attached hydrogens (tertiary/aromatic N) is 2. The lowest BCUT2D eigenvalue weighted by atomic mass is 10.1. The Morgan fingerprint density at radius 3 is 2.36 bits per heavy atom. The van der Waals surface area contributed by atoms with Crippen molar-refractivity contribution in [3.8, 4) is 17.6 Å². The van der Waals surface area contributed by atoms with Crippen molar-refractivity contribution in [2.45, 2.75) is 31.3 Å². The molecule has 0 aliphatic rings. The number of methoxy groups -OCH3 is 2. The highest BCUT2D eigenvalue weighted by Gasteiger charge is 2.18. The summed E-state index contributed by atoms with van der Waals surface area (Å²) in [4.78, 5) is 20.5. The maximum absolute atomic E-state index is 12.8. The number of ether oxygens (including phenoxy) is 3. The van der Waals surface area contributed by atoms with Crippen LogP contribution in [-0.4, -0.2) is 38.5 Å². The lowest BCUT2D eigenvalue weighted by molar-refractivity contribution is 0.0992. The molecule has 0 bridgehead atoms. The summed E-state index contributed by atoms with van der Waals surface area (Å²) >= 11 is 0. The van der Waals surface area contributed by atoms with E-state index >= 15 is 0 Å². The Hall–Kier alpha value is -4.58. The normalized spacial score (nSPS) is 11.1. The van der Waals surface area contributed by atoms with Gasteiger partial charge in [-0.25, -0.2) is 8.42 Å². The first-order valence-electron chi connectivity index (χ1n) is 12.0. The van der Waals surface area contributed by atoms with E-state index in [1.807, 2.05) is 24.3 Å². The Bertz CT molecular complexity index is 1500. The Morgan fingerprint density at radius 2 is 1.69 bits per heavy atom. The third kappa shape index (κ3) is 7.26. The van der Waals surface area contributed by atoms with Gasteiger partial charge < -0.3 is 23.9 Å². The first-order valence-corrected chi connectivity index (χ1v) is 13.5. The van der Waals surface area contributed by atoms with Gasteiger partial charge in [0, 0.05) is 11.8 Å². The van der Waals surface area contributed by atoms with Crippen LogP contribution in [0.1, 0.15) is 35.2 Å². The molecule has 0 radical (unpaired) electrons. The molecule has 0 aliphatic carbocycles. The van der Waals surface area contributed by atoms with E-state index in [0.717, 1.165) is 12.8 Å². The highest BCUT2D eigenvalue weighted by Crippen LogP contribution is 2.22. The lowest BCUT2D eigenvalue weighted by Crippen LogP contribution is -2.15. The minimum absolute atomic E-state index is 0.0257. The molecule has 2 aromatic heterocycles. The van der Waals surface area contributed by atoms with Crippen molar-refractivity contribution in [3.05, 3.63) is 83.8 Å². The van der Waals surface area contributed by atoms with Crippen LogP contribution in [0.25, 0.3) is 0 Å². The summed E-state index contributed by atoms with van der Waals surface area (Å²) in [5, 5.41) is 2.68. The van der Waals surface area contributed by atoms with Crippen LogP contribution in [0.2, 0.25) is 0 Å². The molecule has 0 spiro atoms. The molecule has 0 atom stereocenters. The van der Waals surface area contributed by atoms with Crippen molar-refractivity contribution in [1.82, 2.24) is 9.97 Å². The minimum atomic E-state index is -3.99. The molecule has 204 valence electrons. The topological polar surface area (TPSA) is 142 Å². The second-order valence-corrected chi connectivity index (χ2v) is 10.00. The van der Waals surface area contributed by atoms with E-state index in [1.54, 1.807) is 12.1 Å². The molecule has 4 rings (SSSR count). The van der Waals surface area contributed by atoms with Crippen molar-refractivity contribution >= 4 is 27.4 Å². The Labute approximate surface area is 226 Å². The maximum atomic E-state index is 12.8. The van der Waals surface area contributed by atoms with Gasteiger partial charge in [0.25, 0.3) is 15.9 Å². The van der Waals surface area contributed by atoms with Gasteiger partial charge in [0.05, 0.1) is 19.1 Å². The van der Waals surface area contributed by atoms with Crippen molar-refractivity contribution in [2.24, 2.45) is 0 Å². The molecule has 0 unspecified atom stereocenters. The molecule has 0 saturated carbocycles. The predicted octanol–water partition coefficient (Wildman–Crippen LogP) is 4.67. The fourth-order valence-electron chi connectivity index (χ4n) is 3.53. The van der Waals surface area contributed by atoms with Crippen LogP contribution in [0.5, 0.6) is 17.6 Å². The lowest BCUT2D eigenvalue weighted by Gasteiger charge is -2.10. The number of hydrogen-bond acceptors (Lipinski definition) is 9. The van der Waals surface area contributed by atoms with Crippen LogP contribution < -0.4 is 24.2 Å². The van der Waals surface area contributed by atoms with E-state index < -0.39 is 15.9 Å². The molecule has 4 aromatic rings. The van der Waals surface area contributed by atoms with Gasteiger partial charge in [0.15, 0.2) is 11.6 Å². The van der Waals surface area contributed by atoms with Crippen LogP contribution in [-0.2, 0) is 23.1 Å². The van der Waals surface area contributed by atoms with Gasteiger partial charge in [-0.15, -0.1) is 0 Å². The van der Waals surface area contributed by atoms with Gasteiger partial charge in [-0.1, -0.05) is 25.5 Å². The summed E-state index contributed by atoms with van der Waals surface area (Å²) in [6, 6.07) is 18.0. The summed E-state index contributed by atoms with van der Waals surface area (Å²) in [6.45, 7) is 2.30. The average molecular weight is 553 g/mol. The van der Waals surface area contributed by atoms with Crippen LogP contribution in [0.3, 0.4) is 0 Å². The molecule has 2 N–H and O–H groups in total. The number of carbonyl (C=O) groups is 1. The number of aromatic nitrogens is 2. The Kier molecular flexibility index (Phi) is 8.67. The quantitative estimate of drug-likeness (QED) is 0.256. The molecule has 12 heteroatoms. The zero-order chi connectivity index (χ0) is 27.8. The summed E-state index contributed by atoms with van der Waals surface area (Å²) in [6.07, 6.45) is 2.09. The number of rotatable bonds is 12. The van der Waals surface area contributed by atoms with E-state index in [2.05, 4.69) is 26.9 Å². The fourth-order valence-corrected chi connectivity index (χ4v) is 4.52. The Morgan fingerprint density at radius 1 is 0.949 bits per heavy atom. The number of sulfonamides is 1. The largest absolute Gasteiger partial charge is 0.486 e. The number of furan rings is 1. The van der Waals surface area contributed by atoms with Crippen LogP contribution in [0, 0.1) is 0 Å². The number of amides is 1. The summed E-state index contributed by atoms with van der Waals surface area (Å²) < 4.78 is 49.3. The second-order valence-electron chi connectivity index (χ2n) is 8.31. The van der Waals surface area contributed by atoms with Gasteiger partial charge in [0.2, 0.25) is 5.88 Å². The van der Waals surface area contributed by atoms with Crippen molar-refractivity contribution in [3.63, 3.8) is 0 Å². The van der Waals surface area contributed by atoms with Crippen LogP contribution >= 0.6 is 0 Å². The molecular weight excluding hydrogens is 524 g/mol. The van der Waals surface area contributed by atoms with Gasteiger partial charge in [-0.05, 0) is 60.5 Å². The number of anilines is 2. The van der Waals surface area contributed by atoms with Gasteiger partial charge >= 0.3 is 6.01 Å². The zero-order valence-corrected chi connectivity index (χ0v) is 22.4. The fraction of sp³-hybridized carbons (Fsp3) is 0.222. The third-order valence-corrected chi connectivity index (χ3v) is 6.83. The Balaban J connectivity index is 1.35. The molecule has 11 nitrogen and oxygen atoms in total. The summed E-state index contributed by atoms with van der Waals surface area (Å²) in [7, 11) is -1.25. The monoisotopic (exact) mass is 552 g/mol. The van der Waals surface area contributed by atoms with Gasteiger partial charge in [-0.2, -0.15) is 9.97 Å². The summed E-state index contributed by atoms with van der Waals surface area (Å²) in [5.41, 5.74) is 1.63. The maximum Gasteiger partial charge on any atom is 0.321 e. The first kappa shape index (κ1) is 27.5. The predicted molar refractivity (Wildman–Crippen MR) is 144 cm³/mol. The van der Waals surface area contributed by atoms with Crippen molar-refractivity contribution in [2.75, 3.05) is 24.3 Å². The number of carbonyl (C=O) groups excluding carboxylic acids is 1. The zero-order valence-electron chi connectivity index (χ0n) is 21.6. The van der Waals surface area contributed by atoms with Crippen molar-refractivity contribution < 1.29 is 31.8 Å². The van der Waals surface area contributed by atoms with E-state index in [-0.39, 0.29) is 35.0 Å². The van der Waals surface area contributed by atoms with E-state index in [0.29, 0.717) is 17.2 Å². The number of hydrogen-bond donors (Lipinski definition) is 2. The molecule has 2 aromatic carbocycles. The van der Waals surface area contributed by atoms with Gasteiger partial charge in [0.1, 0.15) is 18.1 Å². The smallest absolute Gasteiger partial charge is 0.321 e. The third-order valence-electron chi connectivity index (χ3n) is 5.46. The van der Waals surface area contributed by atoms with E-state index in [9.17, 15) is 13.2 Å². The van der Waals surface area contributed by atoms with E-state index in [4.69, 9.17) is 18.6 Å². The molecule has 2 heterocycles. The molecular formula is C27H28N4O7S. The van der Waals surface area contributed by atoms with Crippen LogP contribution in [0.15, 0.2) is 76.0 Å². The first-order chi connectivity index (χ1) is 18.8. The molecule has 1 amide bonds. The second kappa shape index (κ2) is 12.3. The summed E-state index contributed by atoms with van der Waals surface area (Å²) in [5.74, 6) is 0.910. The molecule has 0 aliphatic heterocycles. The molecule has 0 fully saturated rings.